The molecule has 0 aliphatic rings. The second kappa shape index (κ2) is 9.10. The average Bonchev–Trinajstić information content (AvgIpc) is 2.75. The highest BCUT2D eigenvalue weighted by atomic mass is 16.5. The molecule has 3 N–H and O–H groups in total. The highest BCUT2D eigenvalue weighted by molar-refractivity contribution is 5.86. The van der Waals surface area contributed by atoms with Gasteiger partial charge in [-0.3, -0.25) is 0 Å². The first kappa shape index (κ1) is 19.5. The van der Waals surface area contributed by atoms with Crippen molar-refractivity contribution in [2.24, 2.45) is 0 Å². The number of nitrogens with one attached hydrogen (secondary N) is 2. The van der Waals surface area contributed by atoms with E-state index in [0.29, 0.717) is 23.6 Å². The summed E-state index contributed by atoms with van der Waals surface area (Å²) in [5.41, 5.74) is 1.67. The highest BCUT2D eigenvalue weighted by Crippen LogP contribution is 2.29. The number of hydrogen-bond donors (Lipinski definition) is 3. The first-order chi connectivity index (χ1) is 13.6. The number of fused-ring (bicyclic) bond motifs is 1. The molecular formula is C22H24N2O4. The van der Waals surface area contributed by atoms with Crippen LogP contribution in [0.5, 0.6) is 11.5 Å². The second-order valence-electron chi connectivity index (χ2n) is 6.33. The molecule has 0 aliphatic heterocycles. The van der Waals surface area contributed by atoms with E-state index < -0.39 is 6.10 Å². The Hall–Kier alpha value is -3.25. The highest BCUT2D eigenvalue weighted by Gasteiger charge is 2.13. The second-order valence-corrected chi connectivity index (χ2v) is 6.33. The van der Waals surface area contributed by atoms with Gasteiger partial charge in [0, 0.05) is 13.1 Å². The van der Waals surface area contributed by atoms with E-state index in [1.54, 1.807) is 25.3 Å². The van der Waals surface area contributed by atoms with Crippen LogP contribution in [0.1, 0.15) is 17.2 Å². The number of urea groups is 1. The third-order valence-corrected chi connectivity index (χ3v) is 4.57. The zero-order chi connectivity index (χ0) is 19.9. The molecule has 6 heteroatoms. The van der Waals surface area contributed by atoms with E-state index in [0.717, 1.165) is 16.3 Å². The molecule has 3 rings (SSSR count). The maximum Gasteiger partial charge on any atom is 0.315 e. The van der Waals surface area contributed by atoms with Crippen molar-refractivity contribution in [1.82, 2.24) is 10.6 Å². The van der Waals surface area contributed by atoms with Gasteiger partial charge in [0.15, 0.2) is 11.5 Å². The molecule has 0 heterocycles. The molecule has 0 bridgehead atoms. The molecule has 1 unspecified atom stereocenters. The van der Waals surface area contributed by atoms with Crippen LogP contribution in [0.15, 0.2) is 60.7 Å². The summed E-state index contributed by atoms with van der Waals surface area (Å²) in [5, 5.41) is 18.1. The summed E-state index contributed by atoms with van der Waals surface area (Å²) >= 11 is 0. The average molecular weight is 380 g/mol. The van der Waals surface area contributed by atoms with Gasteiger partial charge in [0.25, 0.3) is 0 Å². The Labute approximate surface area is 164 Å². The smallest absolute Gasteiger partial charge is 0.315 e. The number of carbonyl (C=O) groups excluding carboxylic acids is 1. The lowest BCUT2D eigenvalue weighted by Gasteiger charge is -2.15. The lowest BCUT2D eigenvalue weighted by Crippen LogP contribution is -2.37. The molecule has 3 aromatic carbocycles. The number of aliphatic hydroxyl groups excluding tert-OH is 1. The minimum atomic E-state index is -0.858. The van der Waals surface area contributed by atoms with Gasteiger partial charge in [0.1, 0.15) is 0 Å². The summed E-state index contributed by atoms with van der Waals surface area (Å²) in [6, 6.07) is 18.8. The van der Waals surface area contributed by atoms with E-state index in [-0.39, 0.29) is 12.6 Å². The zero-order valence-electron chi connectivity index (χ0n) is 15.9. The molecule has 0 fully saturated rings. The topological polar surface area (TPSA) is 79.8 Å². The first-order valence-electron chi connectivity index (χ1n) is 9.00. The summed E-state index contributed by atoms with van der Waals surface area (Å²) in [6.45, 7) is 0.483. The van der Waals surface area contributed by atoms with Crippen molar-refractivity contribution in [3.63, 3.8) is 0 Å². The van der Waals surface area contributed by atoms with E-state index in [1.165, 1.54) is 7.11 Å². The molecular weight excluding hydrogens is 356 g/mol. The van der Waals surface area contributed by atoms with Gasteiger partial charge >= 0.3 is 6.03 Å². The zero-order valence-corrected chi connectivity index (χ0v) is 15.9. The van der Waals surface area contributed by atoms with Crippen molar-refractivity contribution in [2.45, 2.75) is 12.6 Å². The van der Waals surface area contributed by atoms with Gasteiger partial charge in [-0.15, -0.1) is 0 Å². The quantitative estimate of drug-likeness (QED) is 0.587. The summed E-state index contributed by atoms with van der Waals surface area (Å²) in [6.07, 6.45) is -0.858. The van der Waals surface area contributed by atoms with Crippen molar-refractivity contribution in [2.75, 3.05) is 20.8 Å². The fraction of sp³-hybridized carbons (Fsp3) is 0.227. The van der Waals surface area contributed by atoms with Gasteiger partial charge in [-0.05, 0) is 34.0 Å². The van der Waals surface area contributed by atoms with Gasteiger partial charge in [-0.1, -0.05) is 48.5 Å². The third kappa shape index (κ3) is 4.53. The van der Waals surface area contributed by atoms with Gasteiger partial charge in [-0.2, -0.15) is 0 Å². The van der Waals surface area contributed by atoms with Gasteiger partial charge in [0.05, 0.1) is 20.3 Å². The van der Waals surface area contributed by atoms with Crippen LogP contribution in [-0.2, 0) is 6.54 Å². The molecule has 3 aromatic rings. The maximum atomic E-state index is 12.1. The molecule has 1 atom stereocenters. The van der Waals surface area contributed by atoms with Crippen LogP contribution < -0.4 is 20.1 Å². The number of benzene rings is 3. The summed E-state index contributed by atoms with van der Waals surface area (Å²) in [4.78, 5) is 12.1. The van der Waals surface area contributed by atoms with Crippen LogP contribution in [0.2, 0.25) is 0 Å². The number of rotatable bonds is 7. The van der Waals surface area contributed by atoms with E-state index >= 15 is 0 Å². The van der Waals surface area contributed by atoms with Gasteiger partial charge in [0.2, 0.25) is 0 Å². The van der Waals surface area contributed by atoms with Gasteiger partial charge < -0.3 is 25.2 Å². The van der Waals surface area contributed by atoms with Crippen LogP contribution in [-0.4, -0.2) is 31.9 Å². The molecule has 2 amide bonds. The molecule has 0 saturated carbocycles. The van der Waals surface area contributed by atoms with Gasteiger partial charge in [-0.25, -0.2) is 4.79 Å². The number of amides is 2. The first-order valence-corrected chi connectivity index (χ1v) is 9.00. The molecule has 0 aromatic heterocycles. The molecule has 146 valence electrons. The lowest BCUT2D eigenvalue weighted by atomic mass is 10.0. The van der Waals surface area contributed by atoms with Crippen LogP contribution in [0.3, 0.4) is 0 Å². The van der Waals surface area contributed by atoms with E-state index in [4.69, 9.17) is 9.47 Å². The third-order valence-electron chi connectivity index (χ3n) is 4.57. The fourth-order valence-electron chi connectivity index (χ4n) is 3.05. The maximum absolute atomic E-state index is 12.1. The number of hydrogen-bond acceptors (Lipinski definition) is 4. The monoisotopic (exact) mass is 380 g/mol. The molecule has 28 heavy (non-hydrogen) atoms. The van der Waals surface area contributed by atoms with Crippen LogP contribution >= 0.6 is 0 Å². The molecule has 6 nitrogen and oxygen atoms in total. The van der Waals surface area contributed by atoms with E-state index in [9.17, 15) is 9.90 Å². The van der Waals surface area contributed by atoms with Crippen molar-refractivity contribution < 1.29 is 19.4 Å². The Morgan fingerprint density at radius 2 is 1.71 bits per heavy atom. The number of ether oxygens (including phenoxy) is 2. The van der Waals surface area contributed by atoms with E-state index in [1.807, 2.05) is 42.5 Å². The minimum absolute atomic E-state index is 0.0802. The molecule has 0 saturated heterocycles. The number of carbonyl (C=O) groups is 1. The summed E-state index contributed by atoms with van der Waals surface area (Å²) < 4.78 is 10.4. The Balaban J connectivity index is 1.55. The van der Waals surface area contributed by atoms with Crippen molar-refractivity contribution in [3.8, 4) is 11.5 Å². The summed E-state index contributed by atoms with van der Waals surface area (Å²) in [7, 11) is 3.09. The minimum Gasteiger partial charge on any atom is -0.493 e. The molecule has 0 radical (unpaired) electrons. The van der Waals surface area contributed by atoms with Crippen molar-refractivity contribution >= 4 is 16.8 Å². The van der Waals surface area contributed by atoms with Crippen LogP contribution in [0, 0.1) is 0 Å². The molecule has 0 aliphatic carbocycles. The Bertz CT molecular complexity index is 953. The Kier molecular flexibility index (Phi) is 6.34. The number of methoxy groups -OCH3 is 2. The SMILES string of the molecule is COc1ccc(C(O)CNC(=O)NCc2cccc3ccccc23)cc1OC. The predicted molar refractivity (Wildman–Crippen MR) is 109 cm³/mol. The fourth-order valence-corrected chi connectivity index (χ4v) is 3.05. The largest absolute Gasteiger partial charge is 0.493 e. The van der Waals surface area contributed by atoms with E-state index in [2.05, 4.69) is 10.6 Å². The van der Waals surface area contributed by atoms with Crippen molar-refractivity contribution in [1.29, 1.82) is 0 Å². The van der Waals surface area contributed by atoms with Crippen LogP contribution in [0.4, 0.5) is 4.79 Å². The van der Waals surface area contributed by atoms with Crippen LogP contribution in [0.25, 0.3) is 10.8 Å². The Morgan fingerprint density at radius 1 is 0.964 bits per heavy atom. The number of aliphatic hydroxyl groups is 1. The standard InChI is InChI=1S/C22H24N2O4/c1-27-20-11-10-16(12-21(20)28-2)19(25)14-24-22(26)23-13-17-8-5-7-15-6-3-4-9-18(15)17/h3-12,19,25H,13-14H2,1-2H3,(H2,23,24,26). The normalized spacial score (nSPS) is 11.7. The predicted octanol–water partition coefficient (Wildman–Crippen LogP) is 3.39. The van der Waals surface area contributed by atoms with Crippen molar-refractivity contribution in [3.05, 3.63) is 71.8 Å². The molecule has 0 spiro atoms. The lowest BCUT2D eigenvalue weighted by molar-refractivity contribution is 0.172. The Morgan fingerprint density at radius 3 is 2.50 bits per heavy atom. The summed E-state index contributed by atoms with van der Waals surface area (Å²) in [5.74, 6) is 1.11.